The Bertz CT molecular complexity index is 1430. The van der Waals surface area contributed by atoms with E-state index in [4.69, 9.17) is 9.47 Å². The highest BCUT2D eigenvalue weighted by Crippen LogP contribution is 2.18. The number of methoxy groups -OCH3 is 1. The summed E-state index contributed by atoms with van der Waals surface area (Å²) >= 11 is 0. The molecule has 5 N–H and O–H groups in total. The van der Waals surface area contributed by atoms with Gasteiger partial charge in [-0.2, -0.15) is 0 Å². The zero-order valence-electron chi connectivity index (χ0n) is 28.0. The first kappa shape index (κ1) is 37.4. The van der Waals surface area contributed by atoms with Crippen LogP contribution < -0.4 is 31.3 Å². The average Bonchev–Trinajstić information content (AvgIpc) is 3.46. The van der Waals surface area contributed by atoms with Gasteiger partial charge in [-0.3, -0.25) is 24.0 Å². The van der Waals surface area contributed by atoms with Crippen LogP contribution in [0.3, 0.4) is 0 Å². The topological polar surface area (TPSA) is 194 Å². The average molecular weight is 667 g/mol. The van der Waals surface area contributed by atoms with Gasteiger partial charge >= 0.3 is 6.09 Å². The number of carbonyl (C=O) groups excluding carboxylic acids is 6. The summed E-state index contributed by atoms with van der Waals surface area (Å²) in [6.07, 6.45) is -0.384. The smallest absolute Gasteiger partial charge is 0.408 e. The molecule has 2 heterocycles. The molecule has 2 aromatic rings. The van der Waals surface area contributed by atoms with Crippen LogP contribution in [0.25, 0.3) is 0 Å². The fourth-order valence-electron chi connectivity index (χ4n) is 5.14. The highest BCUT2D eigenvalue weighted by atomic mass is 16.5. The minimum Gasteiger partial charge on any atom is -0.481 e. The first-order valence-corrected chi connectivity index (χ1v) is 16.1. The van der Waals surface area contributed by atoms with Gasteiger partial charge in [-0.05, 0) is 50.7 Å². The number of nitrogens with one attached hydrogen (secondary N) is 5. The van der Waals surface area contributed by atoms with Gasteiger partial charge in [-0.25, -0.2) is 9.78 Å². The van der Waals surface area contributed by atoms with Crippen LogP contribution in [0, 0.1) is 11.8 Å². The molecule has 1 aromatic carbocycles. The monoisotopic (exact) mass is 666 g/mol. The summed E-state index contributed by atoms with van der Waals surface area (Å²) in [5.41, 5.74) is 1.18. The summed E-state index contributed by atoms with van der Waals surface area (Å²) in [7, 11) is 1.45. The van der Waals surface area contributed by atoms with Crippen LogP contribution in [-0.4, -0.2) is 78.3 Å². The van der Waals surface area contributed by atoms with Gasteiger partial charge in [0.2, 0.25) is 29.4 Å². The van der Waals surface area contributed by atoms with E-state index in [2.05, 4.69) is 31.6 Å². The number of amides is 5. The molecule has 3 unspecified atom stereocenters. The molecule has 0 bridgehead atoms. The Balaban J connectivity index is 1.81. The molecule has 1 aliphatic rings. The lowest BCUT2D eigenvalue weighted by atomic mass is 9.94. The lowest BCUT2D eigenvalue weighted by Gasteiger charge is -2.26. The molecule has 1 aromatic heterocycles. The van der Waals surface area contributed by atoms with Crippen molar-refractivity contribution >= 4 is 35.5 Å². The standard InChI is InChI=1S/C34H46N6O8/c1-20(2)16-26(31(43)38-25(17-23-14-15-35-30(23)42)29(41)33(45)36-21(3)4)39-32(44)27(18-24-12-9-13-28(37-24)47-5)40-34(46)48-19-22-10-7-6-8-11-22/h6-13,20-21,23,25-27H,14-19H2,1-5H3,(H,35,42)(H,36,45)(H,38,43)(H,39,44)(H,40,46)/t23-,25?,26?,27?/m0/s1. The molecule has 14 nitrogen and oxygen atoms in total. The van der Waals surface area contributed by atoms with Gasteiger partial charge in [0.1, 0.15) is 18.7 Å². The van der Waals surface area contributed by atoms with E-state index in [-0.39, 0.29) is 43.7 Å². The van der Waals surface area contributed by atoms with E-state index in [1.165, 1.54) is 7.11 Å². The summed E-state index contributed by atoms with van der Waals surface area (Å²) < 4.78 is 10.5. The largest absolute Gasteiger partial charge is 0.481 e. The molecule has 0 radical (unpaired) electrons. The molecule has 1 aliphatic heterocycles. The van der Waals surface area contributed by atoms with Crippen LogP contribution in [0.5, 0.6) is 5.88 Å². The maximum atomic E-state index is 13.8. The van der Waals surface area contributed by atoms with Gasteiger partial charge in [0.05, 0.1) is 13.2 Å². The number of aromatic nitrogens is 1. The van der Waals surface area contributed by atoms with Crippen molar-refractivity contribution in [2.75, 3.05) is 13.7 Å². The predicted molar refractivity (Wildman–Crippen MR) is 175 cm³/mol. The number of pyridine rings is 1. The van der Waals surface area contributed by atoms with E-state index in [0.29, 0.717) is 24.5 Å². The second-order valence-electron chi connectivity index (χ2n) is 12.4. The number of ketones is 1. The third-order valence-electron chi connectivity index (χ3n) is 7.52. The van der Waals surface area contributed by atoms with Gasteiger partial charge in [0.25, 0.3) is 5.91 Å². The molecule has 4 atom stereocenters. The summed E-state index contributed by atoms with van der Waals surface area (Å²) in [4.78, 5) is 82.9. The highest BCUT2D eigenvalue weighted by Gasteiger charge is 2.36. The Morgan fingerprint density at radius 3 is 2.19 bits per heavy atom. The van der Waals surface area contributed by atoms with Crippen LogP contribution >= 0.6 is 0 Å². The zero-order chi connectivity index (χ0) is 35.2. The van der Waals surface area contributed by atoms with Crippen molar-refractivity contribution in [3.05, 3.63) is 59.8 Å². The Hall–Kier alpha value is -5.01. The van der Waals surface area contributed by atoms with Crippen molar-refractivity contribution in [2.45, 2.75) is 84.2 Å². The van der Waals surface area contributed by atoms with Crippen LogP contribution in [0.2, 0.25) is 0 Å². The van der Waals surface area contributed by atoms with Gasteiger partial charge in [-0.15, -0.1) is 0 Å². The molecule has 1 fully saturated rings. The maximum absolute atomic E-state index is 13.8. The van der Waals surface area contributed by atoms with Crippen LogP contribution in [0.4, 0.5) is 4.79 Å². The van der Waals surface area contributed by atoms with Gasteiger partial charge in [0, 0.05) is 36.7 Å². The molecule has 3 rings (SSSR count). The first-order valence-electron chi connectivity index (χ1n) is 16.1. The lowest BCUT2D eigenvalue weighted by molar-refractivity contribution is -0.141. The quantitative estimate of drug-likeness (QED) is 0.156. The normalized spacial score (nSPS) is 15.9. The molecule has 0 saturated carbocycles. The Kier molecular flexibility index (Phi) is 14.3. The maximum Gasteiger partial charge on any atom is 0.408 e. The minimum atomic E-state index is -1.31. The number of alkyl carbamates (subject to hydrolysis) is 1. The lowest BCUT2D eigenvalue weighted by Crippen LogP contribution is -2.58. The third kappa shape index (κ3) is 12.0. The van der Waals surface area contributed by atoms with Crippen molar-refractivity contribution in [2.24, 2.45) is 11.8 Å². The van der Waals surface area contributed by atoms with E-state index in [0.717, 1.165) is 5.56 Å². The van der Waals surface area contributed by atoms with E-state index in [1.807, 2.05) is 19.9 Å². The minimum absolute atomic E-state index is 0.0321. The third-order valence-corrected chi connectivity index (χ3v) is 7.52. The summed E-state index contributed by atoms with van der Waals surface area (Å²) in [5, 5.41) is 13.2. The fraction of sp³-hybridized carbons (Fsp3) is 0.500. The second kappa shape index (κ2) is 18.4. The molecule has 5 amide bonds. The highest BCUT2D eigenvalue weighted by molar-refractivity contribution is 6.38. The van der Waals surface area contributed by atoms with Crippen LogP contribution in [-0.2, 0) is 41.7 Å². The summed E-state index contributed by atoms with van der Waals surface area (Å²) in [6.45, 7) is 7.49. The second-order valence-corrected chi connectivity index (χ2v) is 12.4. The van der Waals surface area contributed by atoms with E-state index in [1.54, 1.807) is 56.3 Å². The SMILES string of the molecule is COc1cccc(CC(NC(=O)OCc2ccccc2)C(=O)NC(CC(C)C)C(=O)NC(C[C@@H]2CCNC2=O)C(=O)C(=O)NC(C)C)n1. The fourth-order valence-corrected chi connectivity index (χ4v) is 5.14. The van der Waals surface area contributed by atoms with Crippen LogP contribution in [0.1, 0.15) is 58.2 Å². The Morgan fingerprint density at radius 1 is 0.875 bits per heavy atom. The predicted octanol–water partition coefficient (Wildman–Crippen LogP) is 1.56. The molecule has 48 heavy (non-hydrogen) atoms. The number of Topliss-reactive ketones (excluding diaryl/α,β-unsaturated/α-hetero) is 1. The number of nitrogens with zero attached hydrogens (tertiary/aromatic N) is 1. The number of ether oxygens (including phenoxy) is 2. The molecular weight excluding hydrogens is 620 g/mol. The van der Waals surface area contributed by atoms with E-state index < -0.39 is 53.6 Å². The number of hydrogen-bond acceptors (Lipinski definition) is 9. The number of hydrogen-bond donors (Lipinski definition) is 5. The Morgan fingerprint density at radius 2 is 1.56 bits per heavy atom. The molecule has 0 aliphatic carbocycles. The summed E-state index contributed by atoms with van der Waals surface area (Å²) in [6, 6.07) is 10.0. The van der Waals surface area contributed by atoms with Gasteiger partial charge < -0.3 is 36.1 Å². The molecule has 14 heteroatoms. The molecule has 260 valence electrons. The molecule has 0 spiro atoms. The van der Waals surface area contributed by atoms with Crippen molar-refractivity contribution in [3.63, 3.8) is 0 Å². The number of carbonyl (C=O) groups is 6. The first-order chi connectivity index (χ1) is 22.9. The number of rotatable bonds is 17. The van der Waals surface area contributed by atoms with Crippen molar-refractivity contribution in [1.82, 2.24) is 31.6 Å². The summed E-state index contributed by atoms with van der Waals surface area (Å²) in [5.74, 6) is -3.80. The van der Waals surface area contributed by atoms with Crippen LogP contribution in [0.15, 0.2) is 48.5 Å². The van der Waals surface area contributed by atoms with Gasteiger partial charge in [0.15, 0.2) is 0 Å². The number of benzene rings is 1. The van der Waals surface area contributed by atoms with Crippen molar-refractivity contribution in [1.29, 1.82) is 0 Å². The van der Waals surface area contributed by atoms with Crippen molar-refractivity contribution < 1.29 is 38.2 Å². The van der Waals surface area contributed by atoms with Crippen molar-refractivity contribution in [3.8, 4) is 5.88 Å². The van der Waals surface area contributed by atoms with Gasteiger partial charge in [-0.1, -0.05) is 50.2 Å². The zero-order valence-corrected chi connectivity index (χ0v) is 28.0. The molecular formula is C34H46N6O8. The Labute approximate surface area is 280 Å². The molecule has 1 saturated heterocycles. The van der Waals surface area contributed by atoms with E-state index in [9.17, 15) is 28.8 Å². The van der Waals surface area contributed by atoms with E-state index >= 15 is 0 Å².